The van der Waals surface area contributed by atoms with Gasteiger partial charge in [-0.05, 0) is 47.6 Å². The molecule has 0 spiro atoms. The van der Waals surface area contributed by atoms with Gasteiger partial charge in [0.2, 0.25) is 0 Å². The van der Waals surface area contributed by atoms with Crippen molar-refractivity contribution in [3.05, 3.63) is 103 Å². The zero-order valence-corrected chi connectivity index (χ0v) is 14.4. The number of hydrogen-bond donors (Lipinski definition) is 1. The van der Waals surface area contributed by atoms with Crippen LogP contribution in [0.2, 0.25) is 0 Å². The topological polar surface area (TPSA) is 60.0 Å². The zero-order valence-electron chi connectivity index (χ0n) is 14.4. The van der Waals surface area contributed by atoms with E-state index in [-0.39, 0.29) is 5.69 Å². The molecule has 3 rings (SSSR count). The summed E-state index contributed by atoms with van der Waals surface area (Å²) in [6.45, 7) is 7.94. The van der Waals surface area contributed by atoms with Crippen LogP contribution in [0.3, 0.4) is 0 Å². The Balaban J connectivity index is 1.83. The second-order valence-electron chi connectivity index (χ2n) is 5.66. The number of nitrogens with zero attached hydrogens (tertiary/aromatic N) is 4. The van der Waals surface area contributed by atoms with Crippen LogP contribution in [0.5, 0.6) is 0 Å². The maximum absolute atomic E-state index is 14.1. The van der Waals surface area contributed by atoms with Crippen LogP contribution in [0.1, 0.15) is 5.69 Å². The SMILES string of the molecule is C=C(/C=C\N(N)c1cccnc1)C(=C)c1ccnn1-c1cc(F)ccc1F. The Morgan fingerprint density at radius 1 is 1.15 bits per heavy atom. The molecule has 2 aromatic heterocycles. The molecule has 136 valence electrons. The number of hydrogen-bond acceptors (Lipinski definition) is 4. The van der Waals surface area contributed by atoms with Crippen molar-refractivity contribution in [2.75, 3.05) is 5.01 Å². The van der Waals surface area contributed by atoms with E-state index in [1.54, 1.807) is 42.9 Å². The van der Waals surface area contributed by atoms with Crippen LogP contribution >= 0.6 is 0 Å². The Morgan fingerprint density at radius 2 is 1.96 bits per heavy atom. The van der Waals surface area contributed by atoms with Gasteiger partial charge in [0.15, 0.2) is 0 Å². The summed E-state index contributed by atoms with van der Waals surface area (Å²) in [5, 5.41) is 5.46. The third-order valence-electron chi connectivity index (χ3n) is 3.86. The van der Waals surface area contributed by atoms with Gasteiger partial charge in [-0.1, -0.05) is 13.2 Å². The fraction of sp³-hybridized carbons (Fsp3) is 0. The monoisotopic (exact) mass is 365 g/mol. The Morgan fingerprint density at radius 3 is 2.70 bits per heavy atom. The molecule has 2 heterocycles. The summed E-state index contributed by atoms with van der Waals surface area (Å²) in [6, 6.07) is 8.38. The average Bonchev–Trinajstić information content (AvgIpc) is 3.17. The summed E-state index contributed by atoms with van der Waals surface area (Å²) < 4.78 is 28.9. The van der Waals surface area contributed by atoms with Gasteiger partial charge in [-0.2, -0.15) is 5.10 Å². The number of benzene rings is 1. The molecule has 0 aliphatic heterocycles. The number of nitrogens with two attached hydrogens (primary N) is 1. The van der Waals surface area contributed by atoms with Gasteiger partial charge in [-0.3, -0.25) is 9.99 Å². The molecule has 0 fully saturated rings. The molecule has 3 aromatic rings. The highest BCUT2D eigenvalue weighted by molar-refractivity contribution is 5.78. The van der Waals surface area contributed by atoms with E-state index < -0.39 is 11.6 Å². The van der Waals surface area contributed by atoms with E-state index in [2.05, 4.69) is 23.2 Å². The van der Waals surface area contributed by atoms with Crippen LogP contribution in [0.4, 0.5) is 14.5 Å². The molecule has 7 heteroatoms. The first-order valence-corrected chi connectivity index (χ1v) is 7.97. The summed E-state index contributed by atoms with van der Waals surface area (Å²) in [5.74, 6) is 4.79. The van der Waals surface area contributed by atoms with E-state index in [1.165, 1.54) is 15.9 Å². The molecule has 2 N–H and O–H groups in total. The summed E-state index contributed by atoms with van der Waals surface area (Å²) in [6.07, 6.45) is 8.01. The van der Waals surface area contributed by atoms with Crippen LogP contribution in [-0.4, -0.2) is 14.8 Å². The van der Waals surface area contributed by atoms with E-state index in [9.17, 15) is 8.78 Å². The van der Waals surface area contributed by atoms with Crippen molar-refractivity contribution in [2.24, 2.45) is 5.84 Å². The molecule has 0 aliphatic rings. The predicted octanol–water partition coefficient (Wildman–Crippen LogP) is 4.01. The van der Waals surface area contributed by atoms with Crippen molar-refractivity contribution >= 4 is 11.3 Å². The summed E-state index contributed by atoms with van der Waals surface area (Å²) in [7, 11) is 0. The van der Waals surface area contributed by atoms with E-state index >= 15 is 0 Å². The van der Waals surface area contributed by atoms with Crippen molar-refractivity contribution in [3.63, 3.8) is 0 Å². The average molecular weight is 365 g/mol. The molecule has 27 heavy (non-hydrogen) atoms. The number of aromatic nitrogens is 3. The number of hydrazine groups is 1. The van der Waals surface area contributed by atoms with E-state index in [4.69, 9.17) is 5.84 Å². The third-order valence-corrected chi connectivity index (χ3v) is 3.86. The number of anilines is 1. The Bertz CT molecular complexity index is 1010. The lowest BCUT2D eigenvalue weighted by Crippen LogP contribution is -2.24. The highest BCUT2D eigenvalue weighted by Gasteiger charge is 2.14. The summed E-state index contributed by atoms with van der Waals surface area (Å²) in [5.41, 5.74) is 2.20. The van der Waals surface area contributed by atoms with Crippen molar-refractivity contribution in [1.82, 2.24) is 14.8 Å². The van der Waals surface area contributed by atoms with Gasteiger partial charge >= 0.3 is 0 Å². The molecule has 0 aliphatic carbocycles. The largest absolute Gasteiger partial charge is 0.285 e. The van der Waals surface area contributed by atoms with Crippen LogP contribution < -0.4 is 10.9 Å². The number of halogens is 2. The second kappa shape index (κ2) is 7.76. The number of allylic oxidation sites excluding steroid dienone is 3. The molecular weight excluding hydrogens is 348 g/mol. The minimum absolute atomic E-state index is 0.0104. The zero-order chi connectivity index (χ0) is 19.4. The molecule has 0 unspecified atom stereocenters. The first kappa shape index (κ1) is 18.2. The Kier molecular flexibility index (Phi) is 5.23. The molecule has 0 bridgehead atoms. The van der Waals surface area contributed by atoms with Gasteiger partial charge in [0.05, 0.1) is 23.8 Å². The minimum atomic E-state index is -0.597. The summed E-state index contributed by atoms with van der Waals surface area (Å²) in [4.78, 5) is 4.00. The van der Waals surface area contributed by atoms with Gasteiger partial charge in [0.1, 0.15) is 17.3 Å². The predicted molar refractivity (Wildman–Crippen MR) is 102 cm³/mol. The van der Waals surface area contributed by atoms with Crippen molar-refractivity contribution in [1.29, 1.82) is 0 Å². The molecule has 5 nitrogen and oxygen atoms in total. The van der Waals surface area contributed by atoms with Crippen LogP contribution in [-0.2, 0) is 0 Å². The lowest BCUT2D eigenvalue weighted by Gasteiger charge is -2.14. The van der Waals surface area contributed by atoms with Gasteiger partial charge < -0.3 is 0 Å². The molecule has 1 aromatic carbocycles. The lowest BCUT2D eigenvalue weighted by atomic mass is 10.1. The normalized spacial score (nSPS) is 10.9. The molecule has 0 atom stereocenters. The molecule has 0 saturated heterocycles. The quantitative estimate of drug-likeness (QED) is 0.407. The van der Waals surface area contributed by atoms with E-state index in [0.29, 0.717) is 22.5 Å². The van der Waals surface area contributed by atoms with Gasteiger partial charge in [-0.25, -0.2) is 19.3 Å². The Labute approximate surface area is 155 Å². The summed E-state index contributed by atoms with van der Waals surface area (Å²) >= 11 is 0. The van der Waals surface area contributed by atoms with Crippen LogP contribution in [0, 0.1) is 11.6 Å². The molecular formula is C20H17F2N5. The first-order chi connectivity index (χ1) is 13.0. The number of rotatable bonds is 6. The highest BCUT2D eigenvalue weighted by Crippen LogP contribution is 2.25. The van der Waals surface area contributed by atoms with Gasteiger partial charge in [-0.15, -0.1) is 0 Å². The fourth-order valence-electron chi connectivity index (χ4n) is 2.40. The van der Waals surface area contributed by atoms with Gasteiger partial charge in [0, 0.05) is 18.5 Å². The first-order valence-electron chi connectivity index (χ1n) is 7.97. The smallest absolute Gasteiger partial charge is 0.149 e. The molecule has 0 radical (unpaired) electrons. The van der Waals surface area contributed by atoms with Crippen molar-refractivity contribution < 1.29 is 8.78 Å². The minimum Gasteiger partial charge on any atom is -0.285 e. The fourth-order valence-corrected chi connectivity index (χ4v) is 2.40. The maximum atomic E-state index is 14.1. The highest BCUT2D eigenvalue weighted by atomic mass is 19.1. The maximum Gasteiger partial charge on any atom is 0.149 e. The number of pyridine rings is 1. The van der Waals surface area contributed by atoms with Crippen molar-refractivity contribution in [3.8, 4) is 5.69 Å². The van der Waals surface area contributed by atoms with Crippen LogP contribution in [0.15, 0.2) is 86.0 Å². The standard InChI is InChI=1S/C20H17F2N5/c1-14(8-11-26(23)17-4-3-9-24-13-17)15(2)19-7-10-25-27(19)20-12-16(21)5-6-18(20)22/h3-13H,1-2,23H2/b11-8-. The third kappa shape index (κ3) is 3.99. The molecule has 0 amide bonds. The lowest BCUT2D eigenvalue weighted by molar-refractivity contribution is 0.586. The van der Waals surface area contributed by atoms with Crippen molar-refractivity contribution in [2.45, 2.75) is 0 Å². The Hall–Kier alpha value is -3.58. The van der Waals surface area contributed by atoms with Crippen LogP contribution in [0.25, 0.3) is 11.3 Å². The second-order valence-corrected chi connectivity index (χ2v) is 5.66. The van der Waals surface area contributed by atoms with Gasteiger partial charge in [0.25, 0.3) is 0 Å². The van der Waals surface area contributed by atoms with E-state index in [1.807, 2.05) is 0 Å². The molecule has 0 saturated carbocycles. The van der Waals surface area contributed by atoms with E-state index in [0.717, 1.165) is 18.2 Å².